The van der Waals surface area contributed by atoms with Crippen LogP contribution in [-0.2, 0) is 0 Å². The number of nitrogens with one attached hydrogen (secondary N) is 1. The summed E-state index contributed by atoms with van der Waals surface area (Å²) in [4.78, 5) is 0. The largest absolute Gasteiger partial charge is 0.389 e. The Morgan fingerprint density at radius 1 is 1.50 bits per heavy atom. The van der Waals surface area contributed by atoms with Crippen LogP contribution in [0.4, 0.5) is 14.5 Å². The standard InChI is InChI=1S/C9H10ClF2NO/c10-8-2-1-6(3-9(8)12)13-5-7(14)4-11/h1-3,7,13-14H,4-5H2. The van der Waals surface area contributed by atoms with Gasteiger partial charge < -0.3 is 10.4 Å². The second kappa shape index (κ2) is 5.12. The zero-order chi connectivity index (χ0) is 10.6. The normalized spacial score (nSPS) is 12.6. The van der Waals surface area contributed by atoms with Gasteiger partial charge in [-0.2, -0.15) is 0 Å². The average molecular weight is 222 g/mol. The highest BCUT2D eigenvalue weighted by molar-refractivity contribution is 6.30. The molecule has 78 valence electrons. The first-order valence-corrected chi connectivity index (χ1v) is 4.44. The van der Waals surface area contributed by atoms with E-state index >= 15 is 0 Å². The smallest absolute Gasteiger partial charge is 0.143 e. The molecule has 0 radical (unpaired) electrons. The van der Waals surface area contributed by atoms with Gasteiger partial charge in [-0.05, 0) is 18.2 Å². The summed E-state index contributed by atoms with van der Waals surface area (Å²) in [6, 6.07) is 4.13. The molecule has 1 atom stereocenters. The van der Waals surface area contributed by atoms with Crippen LogP contribution in [0.15, 0.2) is 18.2 Å². The van der Waals surface area contributed by atoms with Crippen molar-refractivity contribution in [1.82, 2.24) is 0 Å². The first-order chi connectivity index (χ1) is 6.63. The van der Waals surface area contributed by atoms with Gasteiger partial charge in [-0.3, -0.25) is 0 Å². The molecule has 14 heavy (non-hydrogen) atoms. The lowest BCUT2D eigenvalue weighted by atomic mass is 10.3. The molecule has 0 aliphatic rings. The summed E-state index contributed by atoms with van der Waals surface area (Å²) < 4.78 is 24.7. The SMILES string of the molecule is OC(CF)CNc1ccc(Cl)c(F)c1. The van der Waals surface area contributed by atoms with E-state index in [-0.39, 0.29) is 11.6 Å². The van der Waals surface area contributed by atoms with E-state index in [9.17, 15) is 8.78 Å². The highest BCUT2D eigenvalue weighted by Crippen LogP contribution is 2.18. The fourth-order valence-electron chi connectivity index (χ4n) is 0.896. The fraction of sp³-hybridized carbons (Fsp3) is 0.333. The minimum absolute atomic E-state index is 0.0292. The number of aliphatic hydroxyl groups excluding tert-OH is 1. The molecule has 1 unspecified atom stereocenters. The van der Waals surface area contributed by atoms with Crippen molar-refractivity contribution >= 4 is 17.3 Å². The molecule has 0 fully saturated rings. The van der Waals surface area contributed by atoms with Crippen LogP contribution in [0.1, 0.15) is 0 Å². The van der Waals surface area contributed by atoms with E-state index < -0.39 is 18.6 Å². The summed E-state index contributed by atoms with van der Waals surface area (Å²) in [5.74, 6) is -0.550. The number of alkyl halides is 1. The van der Waals surface area contributed by atoms with Crippen molar-refractivity contribution in [3.05, 3.63) is 29.0 Å². The molecule has 0 aliphatic carbocycles. The van der Waals surface area contributed by atoms with Gasteiger partial charge in [-0.1, -0.05) is 11.6 Å². The molecule has 1 aromatic rings. The summed E-state index contributed by atoms with van der Waals surface area (Å²) in [5, 5.41) is 11.6. The lowest BCUT2D eigenvalue weighted by Gasteiger charge is -2.09. The maximum Gasteiger partial charge on any atom is 0.143 e. The molecule has 0 saturated heterocycles. The second-order valence-corrected chi connectivity index (χ2v) is 3.23. The van der Waals surface area contributed by atoms with Gasteiger partial charge in [-0.15, -0.1) is 0 Å². The van der Waals surface area contributed by atoms with E-state index in [4.69, 9.17) is 16.7 Å². The number of benzene rings is 1. The topological polar surface area (TPSA) is 32.3 Å². The van der Waals surface area contributed by atoms with Crippen molar-refractivity contribution in [3.63, 3.8) is 0 Å². The zero-order valence-electron chi connectivity index (χ0n) is 7.30. The summed E-state index contributed by atoms with van der Waals surface area (Å²) in [5.41, 5.74) is 0.458. The Kier molecular flexibility index (Phi) is 4.10. The first kappa shape index (κ1) is 11.2. The Balaban J connectivity index is 2.55. The van der Waals surface area contributed by atoms with E-state index in [1.165, 1.54) is 12.1 Å². The van der Waals surface area contributed by atoms with E-state index in [0.29, 0.717) is 5.69 Å². The summed E-state index contributed by atoms with van der Waals surface area (Å²) in [7, 11) is 0. The number of rotatable bonds is 4. The minimum Gasteiger partial charge on any atom is -0.389 e. The van der Waals surface area contributed by atoms with E-state index in [1.807, 2.05) is 0 Å². The van der Waals surface area contributed by atoms with Gasteiger partial charge >= 0.3 is 0 Å². The quantitative estimate of drug-likeness (QED) is 0.817. The van der Waals surface area contributed by atoms with Crippen LogP contribution in [-0.4, -0.2) is 24.4 Å². The maximum absolute atomic E-state index is 12.9. The molecule has 1 rings (SSSR count). The monoisotopic (exact) mass is 221 g/mol. The lowest BCUT2D eigenvalue weighted by Crippen LogP contribution is -2.21. The van der Waals surface area contributed by atoms with Gasteiger partial charge in [0.15, 0.2) is 0 Å². The number of hydrogen-bond donors (Lipinski definition) is 2. The molecule has 0 saturated carbocycles. The lowest BCUT2D eigenvalue weighted by molar-refractivity contribution is 0.151. The van der Waals surface area contributed by atoms with Gasteiger partial charge in [0.05, 0.1) is 11.1 Å². The van der Waals surface area contributed by atoms with Crippen LogP contribution in [0.3, 0.4) is 0 Å². The third kappa shape index (κ3) is 3.12. The van der Waals surface area contributed by atoms with Crippen molar-refractivity contribution in [2.24, 2.45) is 0 Å². The van der Waals surface area contributed by atoms with Crippen LogP contribution in [0.5, 0.6) is 0 Å². The van der Waals surface area contributed by atoms with E-state index in [1.54, 1.807) is 6.07 Å². The Labute approximate surface area is 85.5 Å². The summed E-state index contributed by atoms with van der Waals surface area (Å²) in [6.45, 7) is -0.791. The molecule has 2 nitrogen and oxygen atoms in total. The Bertz CT molecular complexity index is 309. The van der Waals surface area contributed by atoms with Gasteiger partial charge in [0.1, 0.15) is 12.5 Å². The molecule has 0 heterocycles. The highest BCUT2D eigenvalue weighted by Gasteiger charge is 2.04. The second-order valence-electron chi connectivity index (χ2n) is 2.82. The van der Waals surface area contributed by atoms with Gasteiger partial charge in [0.25, 0.3) is 0 Å². The molecule has 0 spiro atoms. The van der Waals surface area contributed by atoms with Gasteiger partial charge in [0, 0.05) is 12.2 Å². The number of hydrogen-bond acceptors (Lipinski definition) is 2. The summed E-state index contributed by atoms with van der Waals surface area (Å²) >= 11 is 5.46. The molecule has 0 bridgehead atoms. The molecule has 5 heteroatoms. The van der Waals surface area contributed by atoms with Crippen LogP contribution < -0.4 is 5.32 Å². The number of anilines is 1. The average Bonchev–Trinajstić information content (AvgIpc) is 2.19. The fourth-order valence-corrected chi connectivity index (χ4v) is 1.01. The first-order valence-electron chi connectivity index (χ1n) is 4.06. The van der Waals surface area contributed by atoms with Crippen molar-refractivity contribution in [1.29, 1.82) is 0 Å². The van der Waals surface area contributed by atoms with Crippen molar-refractivity contribution < 1.29 is 13.9 Å². The molecule has 1 aromatic carbocycles. The highest BCUT2D eigenvalue weighted by atomic mass is 35.5. The van der Waals surface area contributed by atoms with Crippen molar-refractivity contribution in [3.8, 4) is 0 Å². The third-order valence-corrected chi connectivity index (χ3v) is 1.95. The predicted molar refractivity (Wildman–Crippen MR) is 51.9 cm³/mol. The molecular formula is C9H10ClF2NO. The molecule has 2 N–H and O–H groups in total. The van der Waals surface area contributed by atoms with E-state index in [2.05, 4.69) is 5.32 Å². The molecule has 0 amide bonds. The molecule has 0 aromatic heterocycles. The minimum atomic E-state index is -1.08. The third-order valence-electron chi connectivity index (χ3n) is 1.64. The zero-order valence-corrected chi connectivity index (χ0v) is 8.06. The van der Waals surface area contributed by atoms with Crippen LogP contribution >= 0.6 is 11.6 Å². The van der Waals surface area contributed by atoms with Gasteiger partial charge in [0.2, 0.25) is 0 Å². The van der Waals surface area contributed by atoms with Crippen LogP contribution in [0.2, 0.25) is 5.02 Å². The molecular weight excluding hydrogens is 212 g/mol. The predicted octanol–water partition coefficient (Wildman–Crippen LogP) is 2.22. The van der Waals surface area contributed by atoms with Crippen molar-refractivity contribution in [2.45, 2.75) is 6.10 Å². The van der Waals surface area contributed by atoms with Crippen LogP contribution in [0, 0.1) is 5.82 Å². The Morgan fingerprint density at radius 3 is 2.79 bits per heavy atom. The van der Waals surface area contributed by atoms with E-state index in [0.717, 1.165) is 0 Å². The Morgan fingerprint density at radius 2 is 2.21 bits per heavy atom. The van der Waals surface area contributed by atoms with Crippen molar-refractivity contribution in [2.75, 3.05) is 18.5 Å². The van der Waals surface area contributed by atoms with Gasteiger partial charge in [-0.25, -0.2) is 8.78 Å². The number of halogens is 3. The molecule has 0 aliphatic heterocycles. The van der Waals surface area contributed by atoms with Crippen LogP contribution in [0.25, 0.3) is 0 Å². The number of aliphatic hydroxyl groups is 1. The maximum atomic E-state index is 12.9. The Hall–Kier alpha value is -0.870. The summed E-state index contributed by atoms with van der Waals surface area (Å²) in [6.07, 6.45) is -1.08.